The van der Waals surface area contributed by atoms with E-state index < -0.39 is 0 Å². The van der Waals surface area contributed by atoms with Crippen molar-refractivity contribution in [3.63, 3.8) is 0 Å². The summed E-state index contributed by atoms with van der Waals surface area (Å²) in [6, 6.07) is 7.34. The Morgan fingerprint density at radius 3 is 2.71 bits per heavy atom. The molecule has 1 N–H and O–H groups in total. The maximum absolute atomic E-state index is 11.7. The van der Waals surface area contributed by atoms with Gasteiger partial charge in [0.25, 0.3) is 0 Å². The van der Waals surface area contributed by atoms with Gasteiger partial charge in [-0.15, -0.1) is 10.2 Å². The predicted octanol–water partition coefficient (Wildman–Crippen LogP) is 3.24. The van der Waals surface area contributed by atoms with E-state index in [1.54, 1.807) is 12.1 Å². The number of benzene rings is 1. The number of halogens is 1. The highest BCUT2D eigenvalue weighted by atomic mass is 35.5. The number of carbonyl (C=O) groups is 1. The van der Waals surface area contributed by atoms with Crippen LogP contribution in [0, 0.1) is 0 Å². The molecule has 1 heterocycles. The summed E-state index contributed by atoms with van der Waals surface area (Å²) < 4.78 is 5.55. The van der Waals surface area contributed by atoms with Crippen LogP contribution in [-0.2, 0) is 11.2 Å². The predicted molar refractivity (Wildman–Crippen MR) is 81.0 cm³/mol. The lowest BCUT2D eigenvalue weighted by Gasteiger charge is -2.10. The Balaban J connectivity index is 1.91. The van der Waals surface area contributed by atoms with Crippen molar-refractivity contribution in [2.24, 2.45) is 0 Å². The monoisotopic (exact) mass is 307 g/mol. The first-order valence-corrected chi connectivity index (χ1v) is 7.34. The van der Waals surface area contributed by atoms with Gasteiger partial charge in [0.05, 0.1) is 0 Å². The summed E-state index contributed by atoms with van der Waals surface area (Å²) in [5.74, 6) is 0.888. The molecular formula is C15H18ClN3O2. The van der Waals surface area contributed by atoms with Gasteiger partial charge in [0.15, 0.2) is 0 Å². The van der Waals surface area contributed by atoms with Crippen molar-refractivity contribution in [3.8, 4) is 11.5 Å². The van der Waals surface area contributed by atoms with Crippen molar-refractivity contribution in [3.05, 3.63) is 35.2 Å². The fourth-order valence-corrected chi connectivity index (χ4v) is 1.86. The first-order valence-electron chi connectivity index (χ1n) is 6.96. The highest BCUT2D eigenvalue weighted by molar-refractivity contribution is 6.30. The molecule has 0 aliphatic heterocycles. The zero-order valence-electron chi connectivity index (χ0n) is 12.1. The number of nitrogens with one attached hydrogen (secondary N) is 1. The second-order valence-electron chi connectivity index (χ2n) is 4.88. The number of aryl methyl sites for hydroxylation is 1. The van der Waals surface area contributed by atoms with Crippen LogP contribution in [0.15, 0.2) is 28.7 Å². The Morgan fingerprint density at radius 1 is 1.33 bits per heavy atom. The van der Waals surface area contributed by atoms with E-state index in [1.807, 2.05) is 26.0 Å². The third kappa shape index (κ3) is 4.56. The number of carbonyl (C=O) groups excluding carboxylic acids is 1. The Hall–Kier alpha value is -1.88. The highest BCUT2D eigenvalue weighted by Crippen LogP contribution is 2.20. The van der Waals surface area contributed by atoms with Crippen LogP contribution in [0.5, 0.6) is 0 Å². The minimum absolute atomic E-state index is 0.00408. The second-order valence-corrected chi connectivity index (χ2v) is 5.32. The molecule has 0 saturated heterocycles. The van der Waals surface area contributed by atoms with E-state index in [4.69, 9.17) is 16.0 Å². The van der Waals surface area contributed by atoms with Gasteiger partial charge in [0.2, 0.25) is 17.7 Å². The van der Waals surface area contributed by atoms with E-state index in [1.165, 1.54) is 0 Å². The van der Waals surface area contributed by atoms with Crippen molar-refractivity contribution >= 4 is 17.5 Å². The molecule has 21 heavy (non-hydrogen) atoms. The molecule has 0 radical (unpaired) electrons. The van der Waals surface area contributed by atoms with Gasteiger partial charge < -0.3 is 9.73 Å². The Kier molecular flexibility index (Phi) is 5.33. The summed E-state index contributed by atoms with van der Waals surface area (Å²) in [4.78, 5) is 11.7. The van der Waals surface area contributed by atoms with E-state index in [9.17, 15) is 4.79 Å². The van der Waals surface area contributed by atoms with Crippen LogP contribution in [-0.4, -0.2) is 22.1 Å². The van der Waals surface area contributed by atoms with Crippen molar-refractivity contribution < 1.29 is 9.21 Å². The average molecular weight is 308 g/mol. The van der Waals surface area contributed by atoms with E-state index in [-0.39, 0.29) is 11.9 Å². The standard InChI is InChI=1S/C15H18ClN3O2/c1-3-10(2)17-13(20)8-9-14-18-19-15(21-14)11-4-6-12(16)7-5-11/h4-7,10H,3,8-9H2,1-2H3,(H,17,20). The van der Waals surface area contributed by atoms with Crippen LogP contribution in [0.3, 0.4) is 0 Å². The van der Waals surface area contributed by atoms with E-state index in [0.717, 1.165) is 12.0 Å². The van der Waals surface area contributed by atoms with E-state index >= 15 is 0 Å². The summed E-state index contributed by atoms with van der Waals surface area (Å²) in [6.45, 7) is 4.00. The molecule has 112 valence electrons. The molecule has 6 heteroatoms. The van der Waals surface area contributed by atoms with Crippen molar-refractivity contribution in [2.45, 2.75) is 39.2 Å². The normalized spacial score (nSPS) is 12.1. The smallest absolute Gasteiger partial charge is 0.247 e. The molecule has 1 atom stereocenters. The zero-order chi connectivity index (χ0) is 15.2. The number of rotatable bonds is 6. The molecule has 0 bridgehead atoms. The van der Waals surface area contributed by atoms with Crippen LogP contribution in [0.2, 0.25) is 5.02 Å². The van der Waals surface area contributed by atoms with Crippen LogP contribution in [0.25, 0.3) is 11.5 Å². The summed E-state index contributed by atoms with van der Waals surface area (Å²) in [5.41, 5.74) is 0.808. The first kappa shape index (κ1) is 15.5. The molecule has 5 nitrogen and oxygen atoms in total. The Morgan fingerprint density at radius 2 is 2.05 bits per heavy atom. The molecule has 2 aromatic rings. The minimum Gasteiger partial charge on any atom is -0.421 e. The van der Waals surface area contributed by atoms with Gasteiger partial charge in [-0.2, -0.15) is 0 Å². The van der Waals surface area contributed by atoms with Gasteiger partial charge in [-0.3, -0.25) is 4.79 Å². The Bertz CT molecular complexity index is 595. The maximum Gasteiger partial charge on any atom is 0.247 e. The highest BCUT2D eigenvalue weighted by Gasteiger charge is 2.11. The van der Waals surface area contributed by atoms with Crippen LogP contribution in [0.1, 0.15) is 32.6 Å². The van der Waals surface area contributed by atoms with Crippen molar-refractivity contribution in [1.82, 2.24) is 15.5 Å². The lowest BCUT2D eigenvalue weighted by molar-refractivity contribution is -0.121. The van der Waals surface area contributed by atoms with Crippen LogP contribution in [0.4, 0.5) is 0 Å². The number of hydrogen-bond acceptors (Lipinski definition) is 4. The molecule has 1 aromatic heterocycles. The quantitative estimate of drug-likeness (QED) is 0.889. The topological polar surface area (TPSA) is 68.0 Å². The molecule has 0 spiro atoms. The number of nitrogens with zero attached hydrogens (tertiary/aromatic N) is 2. The minimum atomic E-state index is -0.00408. The van der Waals surface area contributed by atoms with Gasteiger partial charge in [0.1, 0.15) is 0 Å². The molecule has 2 rings (SSSR count). The lowest BCUT2D eigenvalue weighted by Crippen LogP contribution is -2.32. The molecule has 0 aliphatic rings. The number of aromatic nitrogens is 2. The van der Waals surface area contributed by atoms with Gasteiger partial charge >= 0.3 is 0 Å². The van der Waals surface area contributed by atoms with Crippen molar-refractivity contribution in [1.29, 1.82) is 0 Å². The van der Waals surface area contributed by atoms with Crippen molar-refractivity contribution in [2.75, 3.05) is 0 Å². The number of hydrogen-bond donors (Lipinski definition) is 1. The van der Waals surface area contributed by atoms with Gasteiger partial charge in [-0.05, 0) is 37.6 Å². The number of amides is 1. The summed E-state index contributed by atoms with van der Waals surface area (Å²) in [7, 11) is 0. The lowest BCUT2D eigenvalue weighted by atomic mass is 10.2. The third-order valence-electron chi connectivity index (χ3n) is 3.14. The first-order chi connectivity index (χ1) is 10.1. The third-order valence-corrected chi connectivity index (χ3v) is 3.40. The molecule has 0 aliphatic carbocycles. The van der Waals surface area contributed by atoms with Crippen LogP contribution >= 0.6 is 11.6 Å². The van der Waals surface area contributed by atoms with Gasteiger partial charge in [-0.1, -0.05) is 18.5 Å². The van der Waals surface area contributed by atoms with Gasteiger partial charge in [-0.25, -0.2) is 0 Å². The molecule has 0 saturated carbocycles. The summed E-state index contributed by atoms with van der Waals surface area (Å²) >= 11 is 5.83. The van der Waals surface area contributed by atoms with E-state index in [0.29, 0.717) is 29.6 Å². The maximum atomic E-state index is 11.7. The average Bonchev–Trinajstić information content (AvgIpc) is 2.94. The fraction of sp³-hybridized carbons (Fsp3) is 0.400. The molecular weight excluding hydrogens is 290 g/mol. The van der Waals surface area contributed by atoms with E-state index in [2.05, 4.69) is 15.5 Å². The summed E-state index contributed by atoms with van der Waals surface area (Å²) in [5, 5.41) is 11.5. The second kappa shape index (κ2) is 7.22. The molecule has 1 unspecified atom stereocenters. The SMILES string of the molecule is CCC(C)NC(=O)CCc1nnc(-c2ccc(Cl)cc2)o1. The zero-order valence-corrected chi connectivity index (χ0v) is 12.9. The fourth-order valence-electron chi connectivity index (χ4n) is 1.73. The van der Waals surface area contributed by atoms with Crippen LogP contribution < -0.4 is 5.32 Å². The summed E-state index contributed by atoms with van der Waals surface area (Å²) in [6.07, 6.45) is 1.68. The molecule has 1 aromatic carbocycles. The van der Waals surface area contributed by atoms with Gasteiger partial charge in [0, 0.05) is 29.5 Å². The largest absolute Gasteiger partial charge is 0.421 e. The molecule has 1 amide bonds. The molecule has 0 fully saturated rings. The Labute approximate surface area is 128 Å².